The summed E-state index contributed by atoms with van der Waals surface area (Å²) >= 11 is 1.97. The summed E-state index contributed by atoms with van der Waals surface area (Å²) in [6.07, 6.45) is 2.90. The van der Waals surface area contributed by atoms with Crippen molar-refractivity contribution in [3.63, 3.8) is 0 Å². The lowest BCUT2D eigenvalue weighted by Gasteiger charge is -2.16. The van der Waals surface area contributed by atoms with Crippen LogP contribution in [0.5, 0.6) is 0 Å². The Hall–Kier alpha value is -0.410. The molecular formula is C12H21NOS. The van der Waals surface area contributed by atoms with Crippen LogP contribution in [0.2, 0.25) is 0 Å². The fraction of sp³-hybridized carbons (Fsp3) is 0.667. The van der Waals surface area contributed by atoms with Crippen LogP contribution >= 0.6 is 11.8 Å². The monoisotopic (exact) mass is 227 g/mol. The highest BCUT2D eigenvalue weighted by molar-refractivity contribution is 7.99. The summed E-state index contributed by atoms with van der Waals surface area (Å²) in [6, 6.07) is 4.36. The van der Waals surface area contributed by atoms with Crippen LogP contribution in [0.15, 0.2) is 22.8 Å². The van der Waals surface area contributed by atoms with E-state index in [1.54, 1.807) is 6.26 Å². The fourth-order valence-electron chi connectivity index (χ4n) is 1.34. The van der Waals surface area contributed by atoms with Crippen molar-refractivity contribution in [2.45, 2.75) is 38.5 Å². The summed E-state index contributed by atoms with van der Waals surface area (Å²) in [5, 5.41) is 4.18. The molecule has 0 aliphatic carbocycles. The zero-order valence-corrected chi connectivity index (χ0v) is 10.6. The molecule has 86 valence electrons. The zero-order valence-electron chi connectivity index (χ0n) is 9.82. The van der Waals surface area contributed by atoms with Gasteiger partial charge in [-0.15, -0.1) is 0 Å². The first kappa shape index (κ1) is 12.7. The maximum Gasteiger partial charge on any atom is 0.121 e. The second-order valence-corrected chi connectivity index (χ2v) is 5.51. The second kappa shape index (κ2) is 6.96. The molecule has 1 unspecified atom stereocenters. The van der Waals surface area contributed by atoms with Gasteiger partial charge in [-0.05, 0) is 30.3 Å². The van der Waals surface area contributed by atoms with Crippen LogP contribution < -0.4 is 5.32 Å². The number of furan rings is 1. The molecule has 0 aromatic carbocycles. The quantitative estimate of drug-likeness (QED) is 0.772. The van der Waals surface area contributed by atoms with Gasteiger partial charge in [-0.3, -0.25) is 0 Å². The van der Waals surface area contributed by atoms with Crippen molar-refractivity contribution in [3.05, 3.63) is 24.2 Å². The first-order chi connectivity index (χ1) is 7.24. The highest BCUT2D eigenvalue weighted by atomic mass is 32.2. The molecule has 1 heterocycles. The maximum absolute atomic E-state index is 5.45. The van der Waals surface area contributed by atoms with E-state index in [2.05, 4.69) is 26.1 Å². The van der Waals surface area contributed by atoms with E-state index in [1.165, 1.54) is 0 Å². The van der Waals surface area contributed by atoms with Gasteiger partial charge in [0.15, 0.2) is 0 Å². The minimum atomic E-state index is 0.354. The van der Waals surface area contributed by atoms with Gasteiger partial charge in [-0.2, -0.15) is 11.8 Å². The van der Waals surface area contributed by atoms with Crippen molar-refractivity contribution in [1.29, 1.82) is 0 Å². The molecule has 0 radical (unpaired) electrons. The van der Waals surface area contributed by atoms with E-state index in [0.717, 1.165) is 24.5 Å². The Kier molecular flexibility index (Phi) is 5.88. The minimum absolute atomic E-state index is 0.354. The molecule has 1 aromatic heterocycles. The van der Waals surface area contributed by atoms with E-state index < -0.39 is 0 Å². The first-order valence-electron chi connectivity index (χ1n) is 5.62. The van der Waals surface area contributed by atoms with E-state index in [-0.39, 0.29) is 0 Å². The predicted molar refractivity (Wildman–Crippen MR) is 67.3 cm³/mol. The average Bonchev–Trinajstić information content (AvgIpc) is 2.71. The molecule has 1 aromatic rings. The molecule has 0 saturated carbocycles. The molecule has 0 spiro atoms. The van der Waals surface area contributed by atoms with Gasteiger partial charge >= 0.3 is 0 Å². The Balaban J connectivity index is 2.46. The zero-order chi connectivity index (χ0) is 11.1. The molecule has 0 aliphatic rings. The maximum atomic E-state index is 5.45. The van der Waals surface area contributed by atoms with E-state index >= 15 is 0 Å². The largest absolute Gasteiger partial charge is 0.468 e. The summed E-state index contributed by atoms with van der Waals surface area (Å²) in [5.74, 6) is 2.13. The van der Waals surface area contributed by atoms with Crippen molar-refractivity contribution in [3.8, 4) is 0 Å². The van der Waals surface area contributed by atoms with Crippen LogP contribution in [0.1, 0.15) is 39.0 Å². The summed E-state index contributed by atoms with van der Waals surface area (Å²) in [7, 11) is 0. The van der Waals surface area contributed by atoms with Crippen LogP contribution in [0.3, 0.4) is 0 Å². The van der Waals surface area contributed by atoms with E-state index in [0.29, 0.717) is 11.3 Å². The smallest absolute Gasteiger partial charge is 0.121 e. The standard InChI is InChI=1S/C12H21NOS/c1-4-7-13-11(9-15-10(2)3)12-6-5-8-14-12/h5-6,8,10-11,13H,4,7,9H2,1-3H3. The summed E-state index contributed by atoms with van der Waals surface area (Å²) < 4.78 is 5.45. The number of thioether (sulfide) groups is 1. The van der Waals surface area contributed by atoms with Gasteiger partial charge in [0.05, 0.1) is 12.3 Å². The van der Waals surface area contributed by atoms with Crippen molar-refractivity contribution < 1.29 is 4.42 Å². The molecule has 0 saturated heterocycles. The van der Waals surface area contributed by atoms with Gasteiger partial charge in [0.1, 0.15) is 5.76 Å². The number of hydrogen-bond acceptors (Lipinski definition) is 3. The minimum Gasteiger partial charge on any atom is -0.468 e. The van der Waals surface area contributed by atoms with E-state index in [4.69, 9.17) is 4.42 Å². The molecule has 3 heteroatoms. The lowest BCUT2D eigenvalue weighted by Crippen LogP contribution is -2.24. The van der Waals surface area contributed by atoms with Gasteiger partial charge in [-0.1, -0.05) is 20.8 Å². The van der Waals surface area contributed by atoms with Gasteiger partial charge in [0, 0.05) is 5.75 Å². The molecular weight excluding hydrogens is 206 g/mol. The molecule has 0 aliphatic heterocycles. The highest BCUT2D eigenvalue weighted by Gasteiger charge is 2.13. The van der Waals surface area contributed by atoms with Crippen LogP contribution in [0.4, 0.5) is 0 Å². The van der Waals surface area contributed by atoms with Crippen LogP contribution in [-0.4, -0.2) is 17.5 Å². The number of rotatable bonds is 7. The number of hydrogen-bond donors (Lipinski definition) is 1. The Morgan fingerprint density at radius 2 is 2.27 bits per heavy atom. The topological polar surface area (TPSA) is 25.2 Å². The SMILES string of the molecule is CCCNC(CSC(C)C)c1ccco1. The molecule has 0 amide bonds. The van der Waals surface area contributed by atoms with Crippen molar-refractivity contribution in [2.24, 2.45) is 0 Å². The first-order valence-corrected chi connectivity index (χ1v) is 6.67. The predicted octanol–water partition coefficient (Wildman–Crippen LogP) is 3.46. The molecule has 1 N–H and O–H groups in total. The molecule has 0 fully saturated rings. The normalized spacial score (nSPS) is 13.3. The van der Waals surface area contributed by atoms with Crippen molar-refractivity contribution in [2.75, 3.05) is 12.3 Å². The number of nitrogens with one attached hydrogen (secondary N) is 1. The molecule has 2 nitrogen and oxygen atoms in total. The van der Waals surface area contributed by atoms with Gasteiger partial charge in [0.25, 0.3) is 0 Å². The fourth-order valence-corrected chi connectivity index (χ4v) is 2.20. The van der Waals surface area contributed by atoms with Crippen LogP contribution in [0.25, 0.3) is 0 Å². The summed E-state index contributed by atoms with van der Waals surface area (Å²) in [5.41, 5.74) is 0. The van der Waals surface area contributed by atoms with Gasteiger partial charge < -0.3 is 9.73 Å². The second-order valence-electron chi connectivity index (χ2n) is 3.90. The average molecular weight is 227 g/mol. The Morgan fingerprint density at radius 3 is 2.80 bits per heavy atom. The third-order valence-corrected chi connectivity index (χ3v) is 3.32. The van der Waals surface area contributed by atoms with Crippen LogP contribution in [0, 0.1) is 0 Å². The van der Waals surface area contributed by atoms with Crippen molar-refractivity contribution >= 4 is 11.8 Å². The van der Waals surface area contributed by atoms with Gasteiger partial charge in [-0.25, -0.2) is 0 Å². The highest BCUT2D eigenvalue weighted by Crippen LogP contribution is 2.21. The molecule has 1 atom stereocenters. The van der Waals surface area contributed by atoms with Crippen molar-refractivity contribution in [1.82, 2.24) is 5.32 Å². The van der Waals surface area contributed by atoms with Gasteiger partial charge in [0.2, 0.25) is 0 Å². The molecule has 1 rings (SSSR count). The lowest BCUT2D eigenvalue weighted by atomic mass is 10.2. The molecule has 0 bridgehead atoms. The third-order valence-electron chi connectivity index (χ3n) is 2.12. The van der Waals surface area contributed by atoms with E-state index in [9.17, 15) is 0 Å². The Bertz CT molecular complexity index is 246. The Morgan fingerprint density at radius 1 is 1.47 bits per heavy atom. The Labute approximate surface area is 96.8 Å². The molecule has 15 heavy (non-hydrogen) atoms. The van der Waals surface area contributed by atoms with Crippen LogP contribution in [-0.2, 0) is 0 Å². The lowest BCUT2D eigenvalue weighted by molar-refractivity contribution is 0.435. The van der Waals surface area contributed by atoms with E-state index in [1.807, 2.05) is 23.9 Å². The summed E-state index contributed by atoms with van der Waals surface area (Å²) in [6.45, 7) is 7.68. The summed E-state index contributed by atoms with van der Waals surface area (Å²) in [4.78, 5) is 0. The third kappa shape index (κ3) is 4.76.